The Hall–Kier alpha value is -0.560. The van der Waals surface area contributed by atoms with Gasteiger partial charge in [0.15, 0.2) is 0 Å². The van der Waals surface area contributed by atoms with Crippen LogP contribution in [0.5, 0.6) is 0 Å². The van der Waals surface area contributed by atoms with Gasteiger partial charge in [-0.05, 0) is 30.4 Å². The summed E-state index contributed by atoms with van der Waals surface area (Å²) in [4.78, 5) is 4.06. The average molecular weight is 168 g/mol. The number of rotatable bonds is 1. The lowest BCUT2D eigenvalue weighted by atomic mass is 9.81. The lowest BCUT2D eigenvalue weighted by Crippen LogP contribution is -2.08. The van der Waals surface area contributed by atoms with Crippen LogP contribution in [0.2, 0.25) is 5.02 Å². The Bertz CT molecular complexity index is 255. The van der Waals surface area contributed by atoms with E-state index in [-0.39, 0.29) is 0 Å². The number of hydrogen-bond acceptors (Lipinski definition) is 1. The molecule has 58 valence electrons. The normalized spacial score (nSPS) is 17.9. The SMILES string of the molecule is Clc1cncc(C2CCC2)c1. The summed E-state index contributed by atoms with van der Waals surface area (Å²) in [5, 5.41) is 0.759. The number of halogens is 1. The first-order valence-electron chi connectivity index (χ1n) is 3.97. The van der Waals surface area contributed by atoms with Crippen LogP contribution in [0.25, 0.3) is 0 Å². The van der Waals surface area contributed by atoms with Crippen molar-refractivity contribution < 1.29 is 0 Å². The van der Waals surface area contributed by atoms with Gasteiger partial charge in [-0.2, -0.15) is 0 Å². The average Bonchev–Trinajstić information content (AvgIpc) is 1.83. The van der Waals surface area contributed by atoms with Crippen molar-refractivity contribution in [3.05, 3.63) is 29.0 Å². The summed E-state index contributed by atoms with van der Waals surface area (Å²) in [7, 11) is 0. The van der Waals surface area contributed by atoms with Crippen LogP contribution in [0, 0.1) is 0 Å². The maximum absolute atomic E-state index is 5.81. The molecule has 0 atom stereocenters. The molecule has 1 aromatic rings. The molecule has 0 spiro atoms. The van der Waals surface area contributed by atoms with Gasteiger partial charge < -0.3 is 0 Å². The zero-order valence-electron chi connectivity index (χ0n) is 6.26. The van der Waals surface area contributed by atoms with Crippen molar-refractivity contribution >= 4 is 11.6 Å². The molecule has 1 aliphatic carbocycles. The molecule has 0 amide bonds. The third-order valence-corrected chi connectivity index (χ3v) is 2.51. The fraction of sp³-hybridized carbons (Fsp3) is 0.444. The Labute approximate surface area is 71.4 Å². The van der Waals surface area contributed by atoms with E-state index in [9.17, 15) is 0 Å². The molecule has 0 saturated heterocycles. The Kier molecular flexibility index (Phi) is 1.82. The van der Waals surface area contributed by atoms with Gasteiger partial charge in [-0.25, -0.2) is 0 Å². The van der Waals surface area contributed by atoms with Crippen LogP contribution in [-0.4, -0.2) is 4.98 Å². The molecule has 0 N–H and O–H groups in total. The molecule has 11 heavy (non-hydrogen) atoms. The third kappa shape index (κ3) is 1.38. The Morgan fingerprint density at radius 1 is 1.36 bits per heavy atom. The minimum Gasteiger partial charge on any atom is -0.263 e. The molecule has 0 aliphatic heterocycles. The smallest absolute Gasteiger partial charge is 0.0592 e. The maximum Gasteiger partial charge on any atom is 0.0592 e. The topological polar surface area (TPSA) is 12.9 Å². The van der Waals surface area contributed by atoms with E-state index < -0.39 is 0 Å². The molecular formula is C9H10ClN. The molecule has 1 nitrogen and oxygen atoms in total. The van der Waals surface area contributed by atoms with E-state index in [1.54, 1.807) is 6.20 Å². The quantitative estimate of drug-likeness (QED) is 0.627. The first-order chi connectivity index (χ1) is 5.36. The highest BCUT2D eigenvalue weighted by Crippen LogP contribution is 2.36. The highest BCUT2D eigenvalue weighted by molar-refractivity contribution is 6.30. The molecule has 2 heteroatoms. The minimum atomic E-state index is 0.737. The molecule has 0 aromatic carbocycles. The third-order valence-electron chi connectivity index (χ3n) is 2.30. The van der Waals surface area contributed by atoms with Crippen molar-refractivity contribution in [2.45, 2.75) is 25.2 Å². The predicted molar refractivity (Wildman–Crippen MR) is 45.8 cm³/mol. The number of aromatic nitrogens is 1. The lowest BCUT2D eigenvalue weighted by molar-refractivity contribution is 0.419. The van der Waals surface area contributed by atoms with Gasteiger partial charge >= 0.3 is 0 Å². The van der Waals surface area contributed by atoms with Gasteiger partial charge in [0.2, 0.25) is 0 Å². The van der Waals surface area contributed by atoms with Gasteiger partial charge in [-0.15, -0.1) is 0 Å². The zero-order valence-corrected chi connectivity index (χ0v) is 7.01. The molecule has 1 aliphatic rings. The molecule has 1 fully saturated rings. The maximum atomic E-state index is 5.81. The van der Waals surface area contributed by atoms with Crippen LogP contribution in [0.4, 0.5) is 0 Å². The summed E-state index contributed by atoms with van der Waals surface area (Å²) >= 11 is 5.81. The van der Waals surface area contributed by atoms with E-state index in [1.807, 2.05) is 12.3 Å². The van der Waals surface area contributed by atoms with E-state index in [0.29, 0.717) is 0 Å². The second-order valence-electron chi connectivity index (χ2n) is 3.06. The molecule has 1 saturated carbocycles. The van der Waals surface area contributed by atoms with Crippen LogP contribution < -0.4 is 0 Å². The van der Waals surface area contributed by atoms with Gasteiger partial charge in [0.1, 0.15) is 0 Å². The highest BCUT2D eigenvalue weighted by Gasteiger charge is 2.19. The molecule has 2 rings (SSSR count). The summed E-state index contributed by atoms with van der Waals surface area (Å²) in [5.41, 5.74) is 1.31. The van der Waals surface area contributed by atoms with Crippen LogP contribution in [0.15, 0.2) is 18.5 Å². The Balaban J connectivity index is 2.23. The van der Waals surface area contributed by atoms with Crippen LogP contribution in [-0.2, 0) is 0 Å². The van der Waals surface area contributed by atoms with E-state index >= 15 is 0 Å². The van der Waals surface area contributed by atoms with Gasteiger partial charge in [-0.1, -0.05) is 18.0 Å². The summed E-state index contributed by atoms with van der Waals surface area (Å²) in [6.07, 6.45) is 7.58. The second kappa shape index (κ2) is 2.82. The monoisotopic (exact) mass is 167 g/mol. The fourth-order valence-electron chi connectivity index (χ4n) is 1.39. The molecule has 0 radical (unpaired) electrons. The first-order valence-corrected chi connectivity index (χ1v) is 4.34. The number of hydrogen-bond donors (Lipinski definition) is 0. The van der Waals surface area contributed by atoms with Crippen LogP contribution in [0.1, 0.15) is 30.7 Å². The van der Waals surface area contributed by atoms with Gasteiger partial charge in [-0.3, -0.25) is 4.98 Å². The van der Waals surface area contributed by atoms with Crippen LogP contribution in [0.3, 0.4) is 0 Å². The van der Waals surface area contributed by atoms with E-state index in [4.69, 9.17) is 11.6 Å². The van der Waals surface area contributed by atoms with E-state index in [2.05, 4.69) is 4.98 Å². The number of pyridine rings is 1. The Morgan fingerprint density at radius 3 is 2.73 bits per heavy atom. The highest BCUT2D eigenvalue weighted by atomic mass is 35.5. The summed E-state index contributed by atoms with van der Waals surface area (Å²) in [6, 6.07) is 2.03. The van der Waals surface area contributed by atoms with E-state index in [1.165, 1.54) is 24.8 Å². The van der Waals surface area contributed by atoms with Crippen molar-refractivity contribution in [3.63, 3.8) is 0 Å². The largest absolute Gasteiger partial charge is 0.263 e. The zero-order chi connectivity index (χ0) is 7.68. The Morgan fingerprint density at radius 2 is 2.18 bits per heavy atom. The molecule has 1 heterocycles. The van der Waals surface area contributed by atoms with Crippen molar-refractivity contribution in [2.24, 2.45) is 0 Å². The molecular weight excluding hydrogens is 158 g/mol. The summed E-state index contributed by atoms with van der Waals surface area (Å²) < 4.78 is 0. The van der Waals surface area contributed by atoms with Crippen LogP contribution >= 0.6 is 11.6 Å². The number of nitrogens with zero attached hydrogens (tertiary/aromatic N) is 1. The second-order valence-corrected chi connectivity index (χ2v) is 3.50. The molecule has 1 aromatic heterocycles. The predicted octanol–water partition coefficient (Wildman–Crippen LogP) is 3.00. The standard InChI is InChI=1S/C9H10ClN/c10-9-4-8(5-11-6-9)7-2-1-3-7/h4-7H,1-3H2. The van der Waals surface area contributed by atoms with Crippen molar-refractivity contribution in [1.29, 1.82) is 0 Å². The van der Waals surface area contributed by atoms with Gasteiger partial charge in [0.25, 0.3) is 0 Å². The minimum absolute atomic E-state index is 0.737. The van der Waals surface area contributed by atoms with Crippen molar-refractivity contribution in [3.8, 4) is 0 Å². The molecule has 0 unspecified atom stereocenters. The molecule has 0 bridgehead atoms. The van der Waals surface area contributed by atoms with E-state index in [0.717, 1.165) is 10.9 Å². The summed E-state index contributed by atoms with van der Waals surface area (Å²) in [5.74, 6) is 0.737. The van der Waals surface area contributed by atoms with Crippen molar-refractivity contribution in [2.75, 3.05) is 0 Å². The van der Waals surface area contributed by atoms with Gasteiger partial charge in [0, 0.05) is 12.4 Å². The lowest BCUT2D eigenvalue weighted by Gasteiger charge is -2.25. The fourth-order valence-corrected chi connectivity index (χ4v) is 1.58. The van der Waals surface area contributed by atoms with Gasteiger partial charge in [0.05, 0.1) is 5.02 Å². The first kappa shape index (κ1) is 7.11. The summed E-state index contributed by atoms with van der Waals surface area (Å²) in [6.45, 7) is 0. The van der Waals surface area contributed by atoms with Crippen molar-refractivity contribution in [1.82, 2.24) is 4.98 Å².